The average Bonchev–Trinajstić information content (AvgIpc) is 2.50. The lowest BCUT2D eigenvalue weighted by Gasteiger charge is -2.37. The number of rotatable bonds is 7. The maximum absolute atomic E-state index is 6.09. The van der Waals surface area contributed by atoms with Gasteiger partial charge < -0.3 is 15.2 Å². The van der Waals surface area contributed by atoms with Gasteiger partial charge in [-0.25, -0.2) is 0 Å². The van der Waals surface area contributed by atoms with Crippen LogP contribution in [0.4, 0.5) is 0 Å². The van der Waals surface area contributed by atoms with Gasteiger partial charge in [-0.15, -0.1) is 12.4 Å². The summed E-state index contributed by atoms with van der Waals surface area (Å²) >= 11 is 0. The highest BCUT2D eigenvalue weighted by molar-refractivity contribution is 5.85. The molecule has 1 aromatic carbocycles. The molecule has 0 saturated carbocycles. The fourth-order valence-corrected chi connectivity index (χ4v) is 2.97. The molecule has 2 unspecified atom stereocenters. The Morgan fingerprint density at radius 2 is 1.82 bits per heavy atom. The molecule has 0 radical (unpaired) electrons. The Morgan fingerprint density at radius 3 is 2.41 bits per heavy atom. The third kappa shape index (κ3) is 5.67. The molecular formula is C17H29ClN2O2. The molecule has 22 heavy (non-hydrogen) atoms. The number of nitrogens with two attached hydrogens (primary N) is 1. The van der Waals surface area contributed by atoms with E-state index >= 15 is 0 Å². The van der Waals surface area contributed by atoms with Gasteiger partial charge in [-0.1, -0.05) is 6.42 Å². The highest BCUT2D eigenvalue weighted by atomic mass is 35.5. The second kappa shape index (κ2) is 9.93. The summed E-state index contributed by atoms with van der Waals surface area (Å²) in [6, 6.07) is 8.56. The maximum Gasteiger partial charge on any atom is 0.119 e. The van der Waals surface area contributed by atoms with Crippen LogP contribution in [0.1, 0.15) is 33.1 Å². The van der Waals surface area contributed by atoms with Crippen molar-refractivity contribution in [1.82, 2.24) is 4.90 Å². The summed E-state index contributed by atoms with van der Waals surface area (Å²) in [4.78, 5) is 2.47. The molecule has 1 aliphatic heterocycles. The third-order valence-corrected chi connectivity index (χ3v) is 4.05. The molecular weight excluding hydrogens is 300 g/mol. The standard InChI is InChI=1S/C17H28N2O2.ClH/c1-3-20-15-7-9-16(10-8-15)21-13-12-19-11-5-4-6-17(19)14(2)18;/h7-10,14,17H,3-6,11-13,18H2,1-2H3;1H. The van der Waals surface area contributed by atoms with Gasteiger partial charge in [0.05, 0.1) is 6.61 Å². The Morgan fingerprint density at radius 1 is 1.18 bits per heavy atom. The molecule has 126 valence electrons. The van der Waals surface area contributed by atoms with E-state index in [9.17, 15) is 0 Å². The first-order chi connectivity index (χ1) is 10.2. The van der Waals surface area contributed by atoms with E-state index in [2.05, 4.69) is 11.8 Å². The van der Waals surface area contributed by atoms with E-state index in [1.54, 1.807) is 0 Å². The van der Waals surface area contributed by atoms with Crippen LogP contribution in [-0.2, 0) is 0 Å². The molecule has 0 bridgehead atoms. The summed E-state index contributed by atoms with van der Waals surface area (Å²) in [6.45, 7) is 7.57. The summed E-state index contributed by atoms with van der Waals surface area (Å²) in [5.74, 6) is 1.78. The molecule has 1 heterocycles. The van der Waals surface area contributed by atoms with E-state index in [4.69, 9.17) is 15.2 Å². The number of ether oxygens (including phenoxy) is 2. The average molecular weight is 329 g/mol. The number of nitrogens with zero attached hydrogens (tertiary/aromatic N) is 1. The molecule has 0 spiro atoms. The Labute approximate surface area is 140 Å². The smallest absolute Gasteiger partial charge is 0.119 e. The second-order valence-electron chi connectivity index (χ2n) is 5.71. The zero-order valence-electron chi connectivity index (χ0n) is 13.7. The van der Waals surface area contributed by atoms with Crippen molar-refractivity contribution in [3.05, 3.63) is 24.3 Å². The fourth-order valence-electron chi connectivity index (χ4n) is 2.97. The first-order valence-corrected chi connectivity index (χ1v) is 8.06. The fraction of sp³-hybridized carbons (Fsp3) is 0.647. The van der Waals surface area contributed by atoms with Crippen LogP contribution in [0, 0.1) is 0 Å². The van der Waals surface area contributed by atoms with Gasteiger partial charge in [0.25, 0.3) is 0 Å². The highest BCUT2D eigenvalue weighted by Crippen LogP contribution is 2.20. The van der Waals surface area contributed by atoms with Gasteiger partial charge >= 0.3 is 0 Å². The topological polar surface area (TPSA) is 47.7 Å². The number of piperidine rings is 1. The number of benzene rings is 1. The van der Waals surface area contributed by atoms with Crippen LogP contribution in [0.15, 0.2) is 24.3 Å². The Bertz CT molecular complexity index is 412. The van der Waals surface area contributed by atoms with Crippen LogP contribution >= 0.6 is 12.4 Å². The molecule has 0 aliphatic carbocycles. The van der Waals surface area contributed by atoms with E-state index < -0.39 is 0 Å². The Balaban J connectivity index is 0.00000242. The number of hydrogen-bond acceptors (Lipinski definition) is 4. The Kier molecular flexibility index (Phi) is 8.61. The van der Waals surface area contributed by atoms with E-state index in [0.29, 0.717) is 19.3 Å². The van der Waals surface area contributed by atoms with Crippen molar-refractivity contribution in [2.75, 3.05) is 26.3 Å². The van der Waals surface area contributed by atoms with Crippen molar-refractivity contribution in [2.45, 2.75) is 45.2 Å². The van der Waals surface area contributed by atoms with Crippen molar-refractivity contribution in [2.24, 2.45) is 5.73 Å². The number of hydrogen-bond donors (Lipinski definition) is 1. The molecule has 0 aromatic heterocycles. The third-order valence-electron chi connectivity index (χ3n) is 4.05. The monoisotopic (exact) mass is 328 g/mol. The zero-order chi connectivity index (χ0) is 15.1. The van der Waals surface area contributed by atoms with Crippen molar-refractivity contribution in [3.8, 4) is 11.5 Å². The molecule has 4 nitrogen and oxygen atoms in total. The van der Waals surface area contributed by atoms with Gasteiger partial charge in [0.15, 0.2) is 0 Å². The summed E-state index contributed by atoms with van der Waals surface area (Å²) < 4.78 is 11.3. The maximum atomic E-state index is 6.09. The minimum atomic E-state index is 0. The Hall–Kier alpha value is -0.970. The van der Waals surface area contributed by atoms with Gasteiger partial charge in [-0.05, 0) is 57.5 Å². The zero-order valence-corrected chi connectivity index (χ0v) is 14.5. The largest absolute Gasteiger partial charge is 0.494 e. The van der Waals surface area contributed by atoms with Crippen molar-refractivity contribution >= 4 is 12.4 Å². The first-order valence-electron chi connectivity index (χ1n) is 8.06. The molecule has 0 amide bonds. The van der Waals surface area contributed by atoms with Gasteiger partial charge in [0, 0.05) is 18.6 Å². The summed E-state index contributed by atoms with van der Waals surface area (Å²) in [5, 5.41) is 0. The van der Waals surface area contributed by atoms with E-state index in [1.807, 2.05) is 31.2 Å². The van der Waals surface area contributed by atoms with Crippen molar-refractivity contribution in [3.63, 3.8) is 0 Å². The van der Waals surface area contributed by atoms with E-state index in [1.165, 1.54) is 19.3 Å². The van der Waals surface area contributed by atoms with Gasteiger partial charge in [0.2, 0.25) is 0 Å². The van der Waals surface area contributed by atoms with Gasteiger partial charge in [-0.3, -0.25) is 4.90 Å². The lowest BCUT2D eigenvalue weighted by Crippen LogP contribution is -2.50. The van der Waals surface area contributed by atoms with E-state index in [0.717, 1.165) is 24.6 Å². The SMILES string of the molecule is CCOc1ccc(OCCN2CCCCC2C(C)N)cc1.Cl. The van der Waals surface area contributed by atoms with Crippen LogP contribution in [0.25, 0.3) is 0 Å². The molecule has 1 fully saturated rings. The minimum Gasteiger partial charge on any atom is -0.494 e. The molecule has 2 N–H and O–H groups in total. The van der Waals surface area contributed by atoms with Gasteiger partial charge in [-0.2, -0.15) is 0 Å². The lowest BCUT2D eigenvalue weighted by molar-refractivity contribution is 0.109. The molecule has 1 saturated heterocycles. The van der Waals surface area contributed by atoms with Crippen molar-refractivity contribution < 1.29 is 9.47 Å². The number of halogens is 1. The second-order valence-corrected chi connectivity index (χ2v) is 5.71. The summed E-state index contributed by atoms with van der Waals surface area (Å²) in [6.07, 6.45) is 3.77. The summed E-state index contributed by atoms with van der Waals surface area (Å²) in [7, 11) is 0. The number of likely N-dealkylation sites (tertiary alicyclic amines) is 1. The minimum absolute atomic E-state index is 0. The first kappa shape index (κ1) is 19.1. The molecule has 1 aliphatic rings. The van der Waals surface area contributed by atoms with Crippen molar-refractivity contribution in [1.29, 1.82) is 0 Å². The molecule has 5 heteroatoms. The molecule has 2 rings (SSSR count). The molecule has 1 aromatic rings. The van der Waals surface area contributed by atoms with E-state index in [-0.39, 0.29) is 18.4 Å². The summed E-state index contributed by atoms with van der Waals surface area (Å²) in [5.41, 5.74) is 6.09. The van der Waals surface area contributed by atoms with Crippen LogP contribution < -0.4 is 15.2 Å². The van der Waals surface area contributed by atoms with Crippen LogP contribution in [0.2, 0.25) is 0 Å². The van der Waals surface area contributed by atoms with Gasteiger partial charge in [0.1, 0.15) is 18.1 Å². The highest BCUT2D eigenvalue weighted by Gasteiger charge is 2.24. The lowest BCUT2D eigenvalue weighted by atomic mass is 9.97. The predicted octanol–water partition coefficient (Wildman–Crippen LogP) is 3.09. The normalized spacial score (nSPS) is 20.0. The van der Waals surface area contributed by atoms with Crippen LogP contribution in [-0.4, -0.2) is 43.3 Å². The predicted molar refractivity (Wildman–Crippen MR) is 93.2 cm³/mol. The molecule has 2 atom stereocenters. The van der Waals surface area contributed by atoms with Crippen LogP contribution in [0.5, 0.6) is 11.5 Å². The van der Waals surface area contributed by atoms with Crippen LogP contribution in [0.3, 0.4) is 0 Å². The quantitative estimate of drug-likeness (QED) is 0.835.